The van der Waals surface area contributed by atoms with Crippen LogP contribution in [0.2, 0.25) is 0 Å². The number of rotatable bonds is 5. The zero-order valence-electron chi connectivity index (χ0n) is 15.8. The van der Waals surface area contributed by atoms with E-state index >= 15 is 0 Å². The summed E-state index contributed by atoms with van der Waals surface area (Å²) in [4.78, 5) is 19.3. The molecule has 2 amide bonds. The minimum absolute atomic E-state index is 0.129. The molecule has 25 heavy (non-hydrogen) atoms. The van der Waals surface area contributed by atoms with Crippen molar-refractivity contribution in [3.8, 4) is 11.5 Å². The first-order chi connectivity index (χ1) is 11.7. The third kappa shape index (κ3) is 5.01. The summed E-state index contributed by atoms with van der Waals surface area (Å²) in [6.45, 7) is 6.30. The van der Waals surface area contributed by atoms with Crippen LogP contribution >= 0.6 is 0 Å². The van der Waals surface area contributed by atoms with Gasteiger partial charge in [-0.05, 0) is 39.0 Å². The van der Waals surface area contributed by atoms with E-state index in [1.165, 1.54) is 0 Å². The number of amides is 2. The number of urea groups is 1. The van der Waals surface area contributed by atoms with Gasteiger partial charge < -0.3 is 24.5 Å². The fourth-order valence-electron chi connectivity index (χ4n) is 2.52. The summed E-state index contributed by atoms with van der Waals surface area (Å²) in [7, 11) is 4.95. The standard InChI is InChI=1S/C18H27N3O4/c1-18(2,3)19-17(22)21(4)11-13-10-14(20-25-13)12-7-8-15(23-5)16(9-12)24-6/h7-9,13H,10-11H2,1-6H3,(H,19,22)/t13-/m1/s1. The predicted octanol–water partition coefficient (Wildman–Crippen LogP) is 2.64. The van der Waals surface area contributed by atoms with Gasteiger partial charge in [0.2, 0.25) is 0 Å². The summed E-state index contributed by atoms with van der Waals surface area (Å²) < 4.78 is 10.6. The molecule has 1 aromatic rings. The zero-order valence-corrected chi connectivity index (χ0v) is 15.8. The summed E-state index contributed by atoms with van der Waals surface area (Å²) in [5.41, 5.74) is 1.47. The molecule has 7 heteroatoms. The number of nitrogens with zero attached hydrogens (tertiary/aromatic N) is 2. The van der Waals surface area contributed by atoms with Gasteiger partial charge in [0.05, 0.1) is 26.5 Å². The third-order valence-electron chi connectivity index (χ3n) is 3.76. The van der Waals surface area contributed by atoms with Gasteiger partial charge in [-0.3, -0.25) is 0 Å². The van der Waals surface area contributed by atoms with Gasteiger partial charge in [0, 0.05) is 24.6 Å². The number of ether oxygens (including phenoxy) is 2. The molecule has 2 rings (SSSR count). The summed E-state index contributed by atoms with van der Waals surface area (Å²) in [6.07, 6.45) is 0.460. The van der Waals surface area contributed by atoms with Gasteiger partial charge in [-0.2, -0.15) is 0 Å². The van der Waals surface area contributed by atoms with Gasteiger partial charge in [-0.15, -0.1) is 0 Å². The van der Waals surface area contributed by atoms with Crippen molar-refractivity contribution in [3.05, 3.63) is 23.8 Å². The lowest BCUT2D eigenvalue weighted by molar-refractivity contribution is 0.0649. The van der Waals surface area contributed by atoms with E-state index in [1.807, 2.05) is 39.0 Å². The van der Waals surface area contributed by atoms with Crippen molar-refractivity contribution in [2.45, 2.75) is 38.8 Å². The number of oxime groups is 1. The monoisotopic (exact) mass is 349 g/mol. The average Bonchev–Trinajstić information content (AvgIpc) is 3.01. The summed E-state index contributed by atoms with van der Waals surface area (Å²) >= 11 is 0. The number of carbonyl (C=O) groups excluding carboxylic acids is 1. The minimum atomic E-state index is -0.275. The lowest BCUT2D eigenvalue weighted by Crippen LogP contribution is -2.48. The van der Waals surface area contributed by atoms with Crippen LogP contribution < -0.4 is 14.8 Å². The smallest absolute Gasteiger partial charge is 0.317 e. The number of nitrogens with one attached hydrogen (secondary N) is 1. The number of methoxy groups -OCH3 is 2. The Morgan fingerprint density at radius 3 is 2.60 bits per heavy atom. The van der Waals surface area contributed by atoms with Crippen LogP contribution in [0.15, 0.2) is 23.4 Å². The van der Waals surface area contributed by atoms with Crippen molar-refractivity contribution in [3.63, 3.8) is 0 Å². The first-order valence-corrected chi connectivity index (χ1v) is 8.22. The van der Waals surface area contributed by atoms with Crippen LogP contribution in [0.1, 0.15) is 32.8 Å². The molecule has 0 bridgehead atoms. The molecule has 1 heterocycles. The van der Waals surface area contributed by atoms with Gasteiger partial charge in [-0.25, -0.2) is 4.79 Å². The predicted molar refractivity (Wildman–Crippen MR) is 96.5 cm³/mol. The molecule has 0 unspecified atom stereocenters. The van der Waals surface area contributed by atoms with Crippen LogP contribution in [0.3, 0.4) is 0 Å². The van der Waals surface area contributed by atoms with Gasteiger partial charge in [0.25, 0.3) is 0 Å². The quantitative estimate of drug-likeness (QED) is 0.887. The Bertz CT molecular complexity index is 652. The molecule has 1 aliphatic rings. The molecular weight excluding hydrogens is 322 g/mol. The zero-order chi connectivity index (χ0) is 18.6. The van der Waals surface area contributed by atoms with E-state index < -0.39 is 0 Å². The molecule has 0 aromatic heterocycles. The van der Waals surface area contributed by atoms with Crippen molar-refractivity contribution in [1.29, 1.82) is 0 Å². The van der Waals surface area contributed by atoms with Gasteiger partial charge >= 0.3 is 6.03 Å². The molecule has 1 N–H and O–H groups in total. The summed E-state index contributed by atoms with van der Waals surface area (Å²) in [5, 5.41) is 7.09. The molecule has 0 saturated carbocycles. The van der Waals surface area contributed by atoms with Crippen LogP contribution in [0.4, 0.5) is 4.79 Å². The molecule has 7 nitrogen and oxygen atoms in total. The van der Waals surface area contributed by atoms with Gasteiger partial charge in [-0.1, -0.05) is 5.16 Å². The fraction of sp³-hybridized carbons (Fsp3) is 0.556. The van der Waals surface area contributed by atoms with E-state index in [4.69, 9.17) is 14.3 Å². The van der Waals surface area contributed by atoms with Crippen molar-refractivity contribution in [2.75, 3.05) is 27.8 Å². The van der Waals surface area contributed by atoms with Crippen molar-refractivity contribution in [2.24, 2.45) is 5.16 Å². The lowest BCUT2D eigenvalue weighted by atomic mass is 10.0. The largest absolute Gasteiger partial charge is 0.493 e. The van der Waals surface area contributed by atoms with Crippen molar-refractivity contribution in [1.82, 2.24) is 10.2 Å². The number of likely N-dealkylation sites (N-methyl/N-ethyl adjacent to an activating group) is 1. The van der Waals surface area contributed by atoms with Gasteiger partial charge in [0.1, 0.15) is 0 Å². The van der Waals surface area contributed by atoms with E-state index in [1.54, 1.807) is 26.2 Å². The maximum Gasteiger partial charge on any atom is 0.317 e. The fourth-order valence-corrected chi connectivity index (χ4v) is 2.52. The highest BCUT2D eigenvalue weighted by Gasteiger charge is 2.26. The van der Waals surface area contributed by atoms with E-state index in [9.17, 15) is 4.79 Å². The highest BCUT2D eigenvalue weighted by atomic mass is 16.6. The number of carbonyl (C=O) groups is 1. The first-order valence-electron chi connectivity index (χ1n) is 8.22. The third-order valence-corrected chi connectivity index (χ3v) is 3.76. The molecular formula is C18H27N3O4. The normalized spacial score (nSPS) is 16.7. The van der Waals surface area contributed by atoms with Crippen LogP contribution in [0.5, 0.6) is 11.5 Å². The van der Waals surface area contributed by atoms with Crippen molar-refractivity contribution >= 4 is 11.7 Å². The Kier molecular flexibility index (Phi) is 5.77. The van der Waals surface area contributed by atoms with Crippen LogP contribution in [-0.2, 0) is 4.84 Å². The lowest BCUT2D eigenvalue weighted by Gasteiger charge is -2.26. The second-order valence-electron chi connectivity index (χ2n) is 7.10. The molecule has 0 aliphatic carbocycles. The van der Waals surface area contributed by atoms with Crippen molar-refractivity contribution < 1.29 is 19.1 Å². The highest BCUT2D eigenvalue weighted by Crippen LogP contribution is 2.29. The summed E-state index contributed by atoms with van der Waals surface area (Å²) in [5.74, 6) is 1.31. The Balaban J connectivity index is 1.96. The van der Waals surface area contributed by atoms with E-state index in [-0.39, 0.29) is 17.7 Å². The molecule has 0 fully saturated rings. The second-order valence-corrected chi connectivity index (χ2v) is 7.10. The second kappa shape index (κ2) is 7.63. The molecule has 1 aromatic carbocycles. The maximum atomic E-state index is 12.1. The van der Waals surface area contributed by atoms with E-state index in [2.05, 4.69) is 10.5 Å². The maximum absolute atomic E-state index is 12.1. The number of hydrogen-bond donors (Lipinski definition) is 1. The van der Waals surface area contributed by atoms with E-state index in [0.29, 0.717) is 24.5 Å². The number of benzene rings is 1. The Labute approximate surface area is 148 Å². The molecule has 1 atom stereocenters. The van der Waals surface area contributed by atoms with Crippen LogP contribution in [-0.4, -0.2) is 56.1 Å². The molecule has 0 saturated heterocycles. The summed E-state index contributed by atoms with van der Waals surface area (Å²) in [6, 6.07) is 5.50. The molecule has 138 valence electrons. The Morgan fingerprint density at radius 1 is 1.32 bits per heavy atom. The number of hydrogen-bond acceptors (Lipinski definition) is 5. The topological polar surface area (TPSA) is 72.4 Å². The van der Waals surface area contributed by atoms with Gasteiger partial charge in [0.15, 0.2) is 17.6 Å². The first kappa shape index (κ1) is 18.9. The SMILES string of the molecule is COc1ccc(C2=NO[C@@H](CN(C)C(=O)NC(C)(C)C)C2)cc1OC. The Morgan fingerprint density at radius 2 is 2.00 bits per heavy atom. The molecule has 0 radical (unpaired) electrons. The highest BCUT2D eigenvalue weighted by molar-refractivity contribution is 6.01. The molecule has 1 aliphatic heterocycles. The average molecular weight is 349 g/mol. The Hall–Kier alpha value is -2.44. The molecule has 0 spiro atoms. The van der Waals surface area contributed by atoms with E-state index in [0.717, 1.165) is 11.3 Å². The van der Waals surface area contributed by atoms with Crippen LogP contribution in [0.25, 0.3) is 0 Å². The minimum Gasteiger partial charge on any atom is -0.493 e. The van der Waals surface area contributed by atoms with Crippen LogP contribution in [0, 0.1) is 0 Å².